The van der Waals surface area contributed by atoms with Gasteiger partial charge in [-0.1, -0.05) is 81.4 Å². The van der Waals surface area contributed by atoms with Gasteiger partial charge in [0.25, 0.3) is 0 Å². The fraction of sp³-hybridized carbons (Fsp3) is 0.391. The molecule has 2 nitrogen and oxygen atoms in total. The standard InChI is InChI=1S/C23H25NO/c1-22(2)18-14-15-23(22,3)21(25)20(18)24-19(16-10-6-4-7-11-16)17-12-8-5-9-13-17/h4-13,18,20H,14-15H2,1-3H3/t18-,20+,23+/m0/s1. The van der Waals surface area contributed by atoms with Crippen LogP contribution in [0, 0.1) is 16.7 Å². The summed E-state index contributed by atoms with van der Waals surface area (Å²) >= 11 is 0. The van der Waals surface area contributed by atoms with Crippen LogP contribution in [0.5, 0.6) is 0 Å². The number of hydrogen-bond donors (Lipinski definition) is 0. The van der Waals surface area contributed by atoms with Crippen molar-refractivity contribution in [1.82, 2.24) is 0 Å². The van der Waals surface area contributed by atoms with Gasteiger partial charge in [0.05, 0.1) is 5.71 Å². The first-order valence-corrected chi connectivity index (χ1v) is 9.18. The van der Waals surface area contributed by atoms with Crippen molar-refractivity contribution in [2.45, 2.75) is 39.7 Å². The van der Waals surface area contributed by atoms with E-state index >= 15 is 0 Å². The molecule has 2 aromatic carbocycles. The molecule has 0 spiro atoms. The molecule has 0 aliphatic heterocycles. The Balaban J connectivity index is 1.83. The Bertz CT molecular complexity index is 780. The molecular formula is C23H25NO. The van der Waals surface area contributed by atoms with Gasteiger partial charge in [-0.25, -0.2) is 0 Å². The fourth-order valence-corrected chi connectivity index (χ4v) is 4.83. The number of benzene rings is 2. The number of nitrogens with zero attached hydrogens (tertiary/aromatic N) is 1. The maximum absolute atomic E-state index is 13.2. The van der Waals surface area contributed by atoms with Crippen molar-refractivity contribution in [3.63, 3.8) is 0 Å². The van der Waals surface area contributed by atoms with Gasteiger partial charge >= 0.3 is 0 Å². The van der Waals surface area contributed by atoms with Crippen molar-refractivity contribution in [3.8, 4) is 0 Å². The first-order chi connectivity index (χ1) is 11.9. The molecule has 2 saturated carbocycles. The van der Waals surface area contributed by atoms with Gasteiger partial charge in [-0.2, -0.15) is 0 Å². The SMILES string of the molecule is CC1(C)[C@H]2CC[C@]1(C)C(=O)[C@@H]2N=C(c1ccccc1)c1ccccc1. The van der Waals surface area contributed by atoms with Crippen LogP contribution in [0.2, 0.25) is 0 Å². The average Bonchev–Trinajstić information content (AvgIpc) is 2.94. The molecule has 0 heterocycles. The summed E-state index contributed by atoms with van der Waals surface area (Å²) in [6.07, 6.45) is 2.10. The van der Waals surface area contributed by atoms with Crippen LogP contribution in [0.3, 0.4) is 0 Å². The zero-order valence-corrected chi connectivity index (χ0v) is 15.2. The van der Waals surface area contributed by atoms with Gasteiger partial charge in [-0.3, -0.25) is 9.79 Å². The Hall–Kier alpha value is -2.22. The zero-order chi connectivity index (χ0) is 17.7. The van der Waals surface area contributed by atoms with Gasteiger partial charge in [0.15, 0.2) is 5.78 Å². The summed E-state index contributed by atoms with van der Waals surface area (Å²) in [7, 11) is 0. The van der Waals surface area contributed by atoms with Crippen molar-refractivity contribution in [3.05, 3.63) is 71.8 Å². The highest BCUT2D eigenvalue weighted by Gasteiger charge is 2.66. The molecule has 0 saturated heterocycles. The number of rotatable bonds is 3. The highest BCUT2D eigenvalue weighted by molar-refractivity contribution is 6.14. The molecule has 3 atom stereocenters. The second-order valence-electron chi connectivity index (χ2n) is 8.22. The van der Waals surface area contributed by atoms with E-state index in [4.69, 9.17) is 4.99 Å². The monoisotopic (exact) mass is 331 g/mol. The van der Waals surface area contributed by atoms with Gasteiger partial charge < -0.3 is 0 Å². The van der Waals surface area contributed by atoms with E-state index in [2.05, 4.69) is 45.0 Å². The van der Waals surface area contributed by atoms with E-state index in [1.54, 1.807) is 0 Å². The van der Waals surface area contributed by atoms with Crippen molar-refractivity contribution in [2.24, 2.45) is 21.7 Å². The van der Waals surface area contributed by atoms with Gasteiger partial charge in [0.2, 0.25) is 0 Å². The number of carbonyl (C=O) groups excluding carboxylic acids is 1. The van der Waals surface area contributed by atoms with Crippen LogP contribution < -0.4 is 0 Å². The third-order valence-corrected chi connectivity index (χ3v) is 6.86. The summed E-state index contributed by atoms with van der Waals surface area (Å²) in [5.74, 6) is 0.672. The molecule has 0 aromatic heterocycles. The minimum atomic E-state index is -0.232. The molecule has 0 amide bonds. The van der Waals surface area contributed by atoms with E-state index in [0.717, 1.165) is 29.7 Å². The Kier molecular flexibility index (Phi) is 3.68. The molecule has 0 radical (unpaired) electrons. The van der Waals surface area contributed by atoms with E-state index in [1.165, 1.54) is 0 Å². The Morgan fingerprint density at radius 2 is 1.44 bits per heavy atom. The lowest BCUT2D eigenvalue weighted by atomic mass is 9.70. The van der Waals surface area contributed by atoms with Crippen LogP contribution in [-0.4, -0.2) is 17.5 Å². The van der Waals surface area contributed by atoms with Crippen molar-refractivity contribution in [1.29, 1.82) is 0 Å². The van der Waals surface area contributed by atoms with E-state index < -0.39 is 0 Å². The van der Waals surface area contributed by atoms with Gasteiger partial charge in [-0.05, 0) is 24.2 Å². The fourth-order valence-electron chi connectivity index (χ4n) is 4.83. The van der Waals surface area contributed by atoms with Gasteiger partial charge in [0, 0.05) is 16.5 Å². The Labute approximate surface area is 150 Å². The first-order valence-electron chi connectivity index (χ1n) is 9.18. The molecule has 25 heavy (non-hydrogen) atoms. The van der Waals surface area contributed by atoms with Crippen LogP contribution in [-0.2, 0) is 4.79 Å². The maximum Gasteiger partial charge on any atom is 0.164 e. The molecule has 2 heteroatoms. The smallest absolute Gasteiger partial charge is 0.164 e. The van der Waals surface area contributed by atoms with E-state index in [1.807, 2.05) is 36.4 Å². The molecule has 2 aliphatic carbocycles. The minimum Gasteiger partial charge on any atom is -0.297 e. The van der Waals surface area contributed by atoms with Crippen molar-refractivity contribution < 1.29 is 4.79 Å². The van der Waals surface area contributed by atoms with Crippen molar-refractivity contribution >= 4 is 11.5 Å². The highest BCUT2D eigenvalue weighted by Crippen LogP contribution is 2.64. The van der Waals surface area contributed by atoms with Crippen LogP contribution in [0.1, 0.15) is 44.7 Å². The lowest BCUT2D eigenvalue weighted by Crippen LogP contribution is -2.34. The molecule has 128 valence electrons. The average molecular weight is 331 g/mol. The molecule has 2 bridgehead atoms. The lowest BCUT2D eigenvalue weighted by molar-refractivity contribution is -0.129. The van der Waals surface area contributed by atoms with E-state index in [0.29, 0.717) is 11.7 Å². The minimum absolute atomic E-state index is 0.0245. The number of fused-ring (bicyclic) bond motifs is 2. The molecular weight excluding hydrogens is 306 g/mol. The summed E-state index contributed by atoms with van der Waals surface area (Å²) in [4.78, 5) is 18.3. The largest absolute Gasteiger partial charge is 0.297 e. The molecule has 4 rings (SSSR count). The Morgan fingerprint density at radius 3 is 1.88 bits per heavy atom. The topological polar surface area (TPSA) is 29.4 Å². The first kappa shape index (κ1) is 16.3. The van der Waals surface area contributed by atoms with Crippen LogP contribution in [0.25, 0.3) is 0 Å². The highest BCUT2D eigenvalue weighted by atomic mass is 16.1. The summed E-state index contributed by atoms with van der Waals surface area (Å²) in [5, 5.41) is 0. The summed E-state index contributed by atoms with van der Waals surface area (Å²) in [5.41, 5.74) is 2.88. The summed E-state index contributed by atoms with van der Waals surface area (Å²) in [6.45, 7) is 6.65. The number of carbonyl (C=O) groups is 1. The van der Waals surface area contributed by atoms with Crippen LogP contribution in [0.4, 0.5) is 0 Å². The number of hydrogen-bond acceptors (Lipinski definition) is 2. The quantitative estimate of drug-likeness (QED) is 0.734. The second kappa shape index (κ2) is 5.66. The van der Waals surface area contributed by atoms with Crippen LogP contribution in [0.15, 0.2) is 65.7 Å². The third kappa shape index (κ3) is 2.31. The van der Waals surface area contributed by atoms with E-state index in [9.17, 15) is 4.79 Å². The Morgan fingerprint density at radius 1 is 0.920 bits per heavy atom. The van der Waals surface area contributed by atoms with Crippen LogP contribution >= 0.6 is 0 Å². The summed E-state index contributed by atoms with van der Waals surface area (Å²) < 4.78 is 0. The summed E-state index contributed by atoms with van der Waals surface area (Å²) in [6, 6.07) is 20.2. The predicted octanol–water partition coefficient (Wildman–Crippen LogP) is 4.92. The third-order valence-electron chi connectivity index (χ3n) is 6.86. The second-order valence-corrected chi connectivity index (χ2v) is 8.22. The molecule has 2 aromatic rings. The number of aliphatic imine (C=N–C) groups is 1. The van der Waals surface area contributed by atoms with Gasteiger partial charge in [-0.15, -0.1) is 0 Å². The number of ketones is 1. The number of Topliss-reactive ketones (excluding diaryl/α,β-unsaturated/α-hetero) is 1. The molecule has 2 aliphatic rings. The van der Waals surface area contributed by atoms with Gasteiger partial charge in [0.1, 0.15) is 6.04 Å². The zero-order valence-electron chi connectivity index (χ0n) is 15.2. The van der Waals surface area contributed by atoms with Crippen molar-refractivity contribution in [2.75, 3.05) is 0 Å². The molecule has 0 N–H and O–H groups in total. The predicted molar refractivity (Wildman–Crippen MR) is 102 cm³/mol. The molecule has 0 unspecified atom stereocenters. The normalized spacial score (nSPS) is 29.6. The maximum atomic E-state index is 13.2. The van der Waals surface area contributed by atoms with E-state index in [-0.39, 0.29) is 16.9 Å². The lowest BCUT2D eigenvalue weighted by Gasteiger charge is -2.31. The molecule has 2 fully saturated rings.